The highest BCUT2D eigenvalue weighted by atomic mass is 16.6. The first-order valence-electron chi connectivity index (χ1n) is 12.5. The maximum absolute atomic E-state index is 13.8. The highest BCUT2D eigenvalue weighted by molar-refractivity contribution is 5.92. The minimum atomic E-state index is -0.954. The summed E-state index contributed by atoms with van der Waals surface area (Å²) in [4.78, 5) is 52.9. The molecule has 0 radical (unpaired) electrons. The molecule has 1 aromatic carbocycles. The van der Waals surface area contributed by atoms with E-state index in [4.69, 9.17) is 9.47 Å². The summed E-state index contributed by atoms with van der Waals surface area (Å²) in [5.74, 6) is -1.49. The monoisotopic (exact) mass is 505 g/mol. The molecule has 1 aromatic rings. The predicted octanol–water partition coefficient (Wildman–Crippen LogP) is 3.81. The van der Waals surface area contributed by atoms with Crippen molar-refractivity contribution in [1.29, 1.82) is 0 Å². The summed E-state index contributed by atoms with van der Waals surface area (Å²) >= 11 is 0. The van der Waals surface area contributed by atoms with Crippen LogP contribution in [0.25, 0.3) is 0 Å². The van der Waals surface area contributed by atoms with Crippen LogP contribution in [0.5, 0.6) is 0 Å². The average Bonchev–Trinajstić information content (AvgIpc) is 2.73. The molecular weight excluding hydrogens is 462 g/mol. The van der Waals surface area contributed by atoms with Gasteiger partial charge in [0.25, 0.3) is 0 Å². The van der Waals surface area contributed by atoms with Crippen LogP contribution in [0, 0.1) is 19.8 Å². The molecule has 2 N–H and O–H groups in total. The number of hydrogen-bond acceptors (Lipinski definition) is 6. The first-order valence-corrected chi connectivity index (χ1v) is 12.5. The number of benzene rings is 1. The van der Waals surface area contributed by atoms with Crippen LogP contribution in [-0.4, -0.2) is 60.1 Å². The van der Waals surface area contributed by atoms with Crippen molar-refractivity contribution >= 4 is 23.9 Å². The zero-order valence-corrected chi connectivity index (χ0v) is 23.2. The number of hydrogen-bond donors (Lipinski definition) is 2. The quantitative estimate of drug-likeness (QED) is 0.442. The van der Waals surface area contributed by atoms with Gasteiger partial charge >= 0.3 is 12.1 Å². The van der Waals surface area contributed by atoms with E-state index < -0.39 is 41.6 Å². The zero-order chi connectivity index (χ0) is 27.6. The summed E-state index contributed by atoms with van der Waals surface area (Å²) in [6.45, 7) is 16.8. The Balaban J connectivity index is 3.31. The second-order valence-corrected chi connectivity index (χ2v) is 10.2. The van der Waals surface area contributed by atoms with Gasteiger partial charge in [0.15, 0.2) is 0 Å². The van der Waals surface area contributed by atoms with E-state index in [1.54, 1.807) is 34.6 Å². The normalized spacial score (nSPS) is 12.9. The molecule has 0 saturated heterocycles. The highest BCUT2D eigenvalue weighted by Gasteiger charge is 2.36. The van der Waals surface area contributed by atoms with Gasteiger partial charge in [0, 0.05) is 13.1 Å². The van der Waals surface area contributed by atoms with Gasteiger partial charge < -0.3 is 25.0 Å². The molecule has 0 aliphatic rings. The number of likely N-dealkylation sites (N-methyl/N-ethyl adjacent to an activating group) is 1. The lowest BCUT2D eigenvalue weighted by Crippen LogP contribution is -2.54. The topological polar surface area (TPSA) is 114 Å². The van der Waals surface area contributed by atoms with Crippen LogP contribution in [0.4, 0.5) is 4.79 Å². The number of amides is 3. The van der Waals surface area contributed by atoms with Crippen LogP contribution < -0.4 is 10.6 Å². The Bertz CT molecular complexity index is 902. The number of aryl methyl sites for hydroxylation is 2. The van der Waals surface area contributed by atoms with Crippen LogP contribution in [0.3, 0.4) is 0 Å². The third kappa shape index (κ3) is 9.87. The highest BCUT2D eigenvalue weighted by Crippen LogP contribution is 2.25. The first kappa shape index (κ1) is 30.9. The molecule has 0 heterocycles. The molecule has 202 valence electrons. The van der Waals surface area contributed by atoms with Gasteiger partial charge in [-0.05, 0) is 59.9 Å². The van der Waals surface area contributed by atoms with Gasteiger partial charge in [-0.3, -0.25) is 14.4 Å². The van der Waals surface area contributed by atoms with Gasteiger partial charge in [0.1, 0.15) is 17.7 Å². The van der Waals surface area contributed by atoms with E-state index in [-0.39, 0.29) is 32.0 Å². The van der Waals surface area contributed by atoms with Crippen molar-refractivity contribution in [3.8, 4) is 0 Å². The molecule has 0 fully saturated rings. The van der Waals surface area contributed by atoms with E-state index in [1.807, 2.05) is 45.9 Å². The minimum absolute atomic E-state index is 0.0219. The maximum atomic E-state index is 13.8. The summed E-state index contributed by atoms with van der Waals surface area (Å²) in [5, 5.41) is 5.46. The largest absolute Gasteiger partial charge is 0.466 e. The number of carbonyl (C=O) groups excluding carboxylic acids is 4. The Morgan fingerprint density at radius 3 is 2.06 bits per heavy atom. The van der Waals surface area contributed by atoms with E-state index in [9.17, 15) is 19.2 Å². The number of alkyl carbamates (subject to hydrolysis) is 1. The summed E-state index contributed by atoms with van der Waals surface area (Å²) in [6, 6.07) is 3.86. The molecule has 3 amide bonds. The van der Waals surface area contributed by atoms with Crippen molar-refractivity contribution < 1.29 is 28.7 Å². The van der Waals surface area contributed by atoms with Crippen LogP contribution in [0.15, 0.2) is 18.2 Å². The van der Waals surface area contributed by atoms with Crippen LogP contribution >= 0.6 is 0 Å². The van der Waals surface area contributed by atoms with E-state index in [2.05, 4.69) is 10.6 Å². The lowest BCUT2D eigenvalue weighted by molar-refractivity contribution is -0.144. The predicted molar refractivity (Wildman–Crippen MR) is 138 cm³/mol. The molecule has 0 spiro atoms. The molecule has 9 heteroatoms. The number of nitrogens with zero attached hydrogens (tertiary/aromatic N) is 1. The van der Waals surface area contributed by atoms with E-state index in [0.29, 0.717) is 5.56 Å². The molecule has 0 saturated carbocycles. The van der Waals surface area contributed by atoms with Gasteiger partial charge in [-0.25, -0.2) is 4.79 Å². The lowest BCUT2D eigenvalue weighted by Gasteiger charge is -2.35. The molecule has 9 nitrogen and oxygen atoms in total. The summed E-state index contributed by atoms with van der Waals surface area (Å²) in [5.41, 5.74) is 1.82. The third-order valence-corrected chi connectivity index (χ3v) is 5.28. The van der Waals surface area contributed by atoms with Crippen LogP contribution in [0.2, 0.25) is 0 Å². The fraction of sp³-hybridized carbons (Fsp3) is 0.630. The smallest absolute Gasteiger partial charge is 0.408 e. The van der Waals surface area contributed by atoms with Crippen molar-refractivity contribution in [2.45, 2.75) is 86.4 Å². The Labute approximate surface area is 215 Å². The SMILES string of the molecule is CCOC(=O)CCNC(=O)C(c1cc(C)cc(C)c1)N(CC)C(=O)C(NC(=O)OC(C)(C)C)C(C)C. The molecular formula is C27H43N3O6. The van der Waals surface area contributed by atoms with Gasteiger partial charge in [-0.15, -0.1) is 0 Å². The number of rotatable bonds is 11. The average molecular weight is 506 g/mol. The summed E-state index contributed by atoms with van der Waals surface area (Å²) in [6.07, 6.45) is -0.680. The molecule has 2 atom stereocenters. The number of ether oxygens (including phenoxy) is 2. The maximum Gasteiger partial charge on any atom is 0.408 e. The van der Waals surface area contributed by atoms with Crippen molar-refractivity contribution in [3.63, 3.8) is 0 Å². The molecule has 0 aliphatic heterocycles. The van der Waals surface area contributed by atoms with Gasteiger partial charge in [0.05, 0.1) is 13.0 Å². The molecule has 0 aliphatic carbocycles. The molecule has 0 bridgehead atoms. The lowest BCUT2D eigenvalue weighted by atomic mass is 9.96. The van der Waals surface area contributed by atoms with Crippen LogP contribution in [0.1, 0.15) is 77.6 Å². The van der Waals surface area contributed by atoms with E-state index in [1.165, 1.54) is 4.90 Å². The molecule has 0 aromatic heterocycles. The molecule has 1 rings (SSSR count). The Morgan fingerprint density at radius 1 is 1.00 bits per heavy atom. The second kappa shape index (κ2) is 13.8. The Hall–Kier alpha value is -3.10. The van der Waals surface area contributed by atoms with Gasteiger partial charge in [-0.2, -0.15) is 0 Å². The van der Waals surface area contributed by atoms with Crippen LogP contribution in [-0.2, 0) is 23.9 Å². The number of esters is 1. The Morgan fingerprint density at radius 2 is 1.58 bits per heavy atom. The van der Waals surface area contributed by atoms with Gasteiger partial charge in [-0.1, -0.05) is 43.2 Å². The summed E-state index contributed by atoms with van der Waals surface area (Å²) in [7, 11) is 0. The van der Waals surface area contributed by atoms with Crippen molar-refractivity contribution in [3.05, 3.63) is 34.9 Å². The van der Waals surface area contributed by atoms with Gasteiger partial charge in [0.2, 0.25) is 11.8 Å². The molecule has 2 unspecified atom stereocenters. The number of nitrogens with one attached hydrogen (secondary N) is 2. The first-order chi connectivity index (χ1) is 16.7. The Kier molecular flexibility index (Phi) is 11.9. The third-order valence-electron chi connectivity index (χ3n) is 5.28. The number of carbonyl (C=O) groups is 4. The summed E-state index contributed by atoms with van der Waals surface area (Å²) < 4.78 is 10.3. The van der Waals surface area contributed by atoms with Crippen molar-refractivity contribution in [2.75, 3.05) is 19.7 Å². The minimum Gasteiger partial charge on any atom is -0.466 e. The van der Waals surface area contributed by atoms with Crippen molar-refractivity contribution in [2.24, 2.45) is 5.92 Å². The van der Waals surface area contributed by atoms with E-state index >= 15 is 0 Å². The molecule has 36 heavy (non-hydrogen) atoms. The van der Waals surface area contributed by atoms with E-state index in [0.717, 1.165) is 11.1 Å². The standard InChI is InChI=1S/C27H43N3O6/c1-10-30(25(33)22(17(3)4)29-26(34)36-27(7,8)9)23(20-15-18(5)14-19(6)16-20)24(32)28-13-12-21(31)35-11-2/h14-17,22-23H,10-13H2,1-9H3,(H,28,32)(H,29,34). The van der Waals surface area contributed by atoms with Crippen molar-refractivity contribution in [1.82, 2.24) is 15.5 Å². The fourth-order valence-electron chi connectivity index (χ4n) is 3.85. The fourth-order valence-corrected chi connectivity index (χ4v) is 3.85. The second-order valence-electron chi connectivity index (χ2n) is 10.2. The zero-order valence-electron chi connectivity index (χ0n) is 23.2.